The third kappa shape index (κ3) is 2.49. The zero-order valence-electron chi connectivity index (χ0n) is 13.0. The van der Waals surface area contributed by atoms with Crippen molar-refractivity contribution in [2.75, 3.05) is 14.1 Å². The fraction of sp³-hybridized carbons (Fsp3) is 0.647. The van der Waals surface area contributed by atoms with Crippen LogP contribution in [0.2, 0.25) is 0 Å². The summed E-state index contributed by atoms with van der Waals surface area (Å²) in [7, 11) is 3.99. The Labute approximate surface area is 125 Å². The Morgan fingerprint density at radius 3 is 2.38 bits per heavy atom. The number of halogens is 2. The van der Waals surface area contributed by atoms with Gasteiger partial charge in [-0.2, -0.15) is 0 Å². The van der Waals surface area contributed by atoms with Crippen molar-refractivity contribution in [3.63, 3.8) is 0 Å². The van der Waals surface area contributed by atoms with E-state index in [1.165, 1.54) is 25.0 Å². The Balaban J connectivity index is 1.91. The molecule has 1 N–H and O–H groups in total. The molecule has 0 aliphatic carbocycles. The summed E-state index contributed by atoms with van der Waals surface area (Å²) < 4.78 is 28.7. The molecule has 2 bridgehead atoms. The van der Waals surface area contributed by atoms with Crippen LogP contribution in [0.3, 0.4) is 0 Å². The van der Waals surface area contributed by atoms with Gasteiger partial charge in [-0.05, 0) is 64.3 Å². The smallest absolute Gasteiger partial charge is 0.133 e. The minimum atomic E-state index is -0.427. The minimum absolute atomic E-state index is 0.228. The third-order valence-corrected chi connectivity index (χ3v) is 5.55. The van der Waals surface area contributed by atoms with E-state index in [0.29, 0.717) is 23.6 Å². The van der Waals surface area contributed by atoms with Crippen LogP contribution in [0.15, 0.2) is 12.1 Å². The van der Waals surface area contributed by atoms with Crippen LogP contribution in [0.1, 0.15) is 42.9 Å². The summed E-state index contributed by atoms with van der Waals surface area (Å²) in [6.45, 7) is 1.70. The summed E-state index contributed by atoms with van der Waals surface area (Å²) >= 11 is 0. The zero-order valence-corrected chi connectivity index (χ0v) is 13.0. The Hall–Kier alpha value is -1.00. The summed E-state index contributed by atoms with van der Waals surface area (Å²) in [5.74, 6) is -0.515. The highest BCUT2D eigenvalue weighted by molar-refractivity contribution is 5.30. The van der Waals surface area contributed by atoms with Crippen LogP contribution in [0.4, 0.5) is 8.78 Å². The van der Waals surface area contributed by atoms with Crippen molar-refractivity contribution in [3.8, 4) is 0 Å². The van der Waals surface area contributed by atoms with Crippen molar-refractivity contribution >= 4 is 0 Å². The van der Waals surface area contributed by atoms with Gasteiger partial charge in [0, 0.05) is 23.7 Å². The van der Waals surface area contributed by atoms with Crippen LogP contribution in [-0.4, -0.2) is 31.1 Å². The van der Waals surface area contributed by atoms with Crippen molar-refractivity contribution in [1.29, 1.82) is 0 Å². The Morgan fingerprint density at radius 2 is 1.81 bits per heavy atom. The fourth-order valence-electron chi connectivity index (χ4n) is 4.30. The monoisotopic (exact) mass is 294 g/mol. The lowest BCUT2D eigenvalue weighted by Crippen LogP contribution is -2.43. The molecule has 2 saturated heterocycles. The number of fused-ring (bicyclic) bond motifs is 2. The molecule has 1 aromatic rings. The summed E-state index contributed by atoms with van der Waals surface area (Å²) in [6, 6.07) is 3.81. The maximum absolute atomic E-state index is 14.5. The summed E-state index contributed by atoms with van der Waals surface area (Å²) in [5, 5.41) is 3.18. The van der Waals surface area contributed by atoms with Crippen LogP contribution in [0.5, 0.6) is 0 Å². The van der Waals surface area contributed by atoms with E-state index in [1.54, 1.807) is 6.92 Å². The van der Waals surface area contributed by atoms with Crippen molar-refractivity contribution in [2.45, 2.75) is 50.7 Å². The minimum Gasteiger partial charge on any atom is -0.313 e. The van der Waals surface area contributed by atoms with E-state index in [2.05, 4.69) is 17.3 Å². The van der Waals surface area contributed by atoms with Crippen molar-refractivity contribution in [1.82, 2.24) is 10.2 Å². The lowest BCUT2D eigenvalue weighted by Gasteiger charge is -2.40. The number of aryl methyl sites for hydroxylation is 1. The quantitative estimate of drug-likeness (QED) is 0.919. The zero-order chi connectivity index (χ0) is 15.1. The maximum Gasteiger partial charge on any atom is 0.133 e. The normalized spacial score (nSPS) is 30.6. The average Bonchev–Trinajstić information content (AvgIpc) is 2.69. The van der Waals surface area contributed by atoms with Crippen LogP contribution >= 0.6 is 0 Å². The van der Waals surface area contributed by atoms with E-state index in [1.807, 2.05) is 7.05 Å². The van der Waals surface area contributed by atoms with Gasteiger partial charge in [-0.1, -0.05) is 6.07 Å². The molecular formula is C17H24F2N2. The number of benzene rings is 1. The molecule has 0 saturated carbocycles. The number of nitrogens with zero attached hydrogens (tertiary/aromatic N) is 1. The molecule has 3 atom stereocenters. The molecule has 0 radical (unpaired) electrons. The molecule has 4 heteroatoms. The molecule has 3 unspecified atom stereocenters. The molecule has 0 aromatic heterocycles. The number of piperidine rings is 1. The highest BCUT2D eigenvalue weighted by atomic mass is 19.1. The summed E-state index contributed by atoms with van der Waals surface area (Å²) in [4.78, 5) is 2.45. The van der Waals surface area contributed by atoms with Gasteiger partial charge in [0.15, 0.2) is 0 Å². The van der Waals surface area contributed by atoms with Crippen LogP contribution < -0.4 is 5.32 Å². The van der Waals surface area contributed by atoms with Gasteiger partial charge in [-0.3, -0.25) is 0 Å². The largest absolute Gasteiger partial charge is 0.313 e. The third-order valence-electron chi connectivity index (χ3n) is 5.55. The second-order valence-corrected chi connectivity index (χ2v) is 6.64. The van der Waals surface area contributed by atoms with Crippen LogP contribution in [0.25, 0.3) is 0 Å². The first-order chi connectivity index (χ1) is 10.0. The predicted molar refractivity (Wildman–Crippen MR) is 80.2 cm³/mol. The first kappa shape index (κ1) is 14.9. The molecule has 1 aromatic carbocycles. The number of rotatable bonds is 3. The lowest BCUT2D eigenvalue weighted by molar-refractivity contribution is 0.112. The lowest BCUT2D eigenvalue weighted by atomic mass is 9.81. The molecule has 0 spiro atoms. The second-order valence-electron chi connectivity index (χ2n) is 6.64. The molecule has 2 fully saturated rings. The van der Waals surface area contributed by atoms with E-state index in [4.69, 9.17) is 0 Å². The van der Waals surface area contributed by atoms with Gasteiger partial charge >= 0.3 is 0 Å². The predicted octanol–water partition coefficient (Wildman–Crippen LogP) is 3.41. The molecule has 116 valence electrons. The number of nitrogens with one attached hydrogen (secondary N) is 1. The Bertz CT molecular complexity index is 518. The topological polar surface area (TPSA) is 15.3 Å². The van der Waals surface area contributed by atoms with Gasteiger partial charge in [0.2, 0.25) is 0 Å². The molecule has 2 heterocycles. The first-order valence-corrected chi connectivity index (χ1v) is 7.86. The molecular weight excluding hydrogens is 270 g/mol. The maximum atomic E-state index is 14.5. The molecule has 2 nitrogen and oxygen atoms in total. The second kappa shape index (κ2) is 5.65. The summed E-state index contributed by atoms with van der Waals surface area (Å²) in [5.41, 5.74) is 0.744. The highest BCUT2D eigenvalue weighted by Crippen LogP contribution is 2.43. The van der Waals surface area contributed by atoms with Gasteiger partial charge in [0.1, 0.15) is 11.6 Å². The van der Waals surface area contributed by atoms with Crippen LogP contribution in [-0.2, 0) is 0 Å². The van der Waals surface area contributed by atoms with Gasteiger partial charge in [0.25, 0.3) is 0 Å². The van der Waals surface area contributed by atoms with E-state index in [9.17, 15) is 8.78 Å². The van der Waals surface area contributed by atoms with Gasteiger partial charge in [-0.15, -0.1) is 0 Å². The van der Waals surface area contributed by atoms with Gasteiger partial charge in [0.05, 0.1) is 0 Å². The van der Waals surface area contributed by atoms with E-state index >= 15 is 0 Å². The van der Waals surface area contributed by atoms with Crippen LogP contribution in [0, 0.1) is 24.5 Å². The van der Waals surface area contributed by atoms with E-state index in [0.717, 1.165) is 12.8 Å². The first-order valence-electron chi connectivity index (χ1n) is 7.86. The van der Waals surface area contributed by atoms with E-state index in [-0.39, 0.29) is 17.4 Å². The molecule has 2 aliphatic heterocycles. The van der Waals surface area contributed by atoms with Gasteiger partial charge < -0.3 is 10.2 Å². The fourth-order valence-corrected chi connectivity index (χ4v) is 4.30. The molecule has 2 aliphatic rings. The SMILES string of the molecule is CNC(c1c(F)ccc(C)c1F)C1CC2CCC(C1)N2C. The Kier molecular flexibility index (Phi) is 4.02. The van der Waals surface area contributed by atoms with Gasteiger partial charge in [-0.25, -0.2) is 8.78 Å². The molecule has 21 heavy (non-hydrogen) atoms. The standard InChI is InChI=1S/C17H24F2N2/c1-10-4-7-14(18)15(16(10)19)17(20-2)11-8-12-5-6-13(9-11)21(12)3/h4,7,11-13,17,20H,5-6,8-9H2,1-3H3. The highest BCUT2D eigenvalue weighted by Gasteiger charge is 2.42. The number of hydrogen-bond acceptors (Lipinski definition) is 2. The molecule has 0 amide bonds. The van der Waals surface area contributed by atoms with Crippen molar-refractivity contribution in [2.24, 2.45) is 5.92 Å². The molecule has 3 rings (SSSR count). The average molecular weight is 294 g/mol. The summed E-state index contributed by atoms with van der Waals surface area (Å²) in [6.07, 6.45) is 4.47. The van der Waals surface area contributed by atoms with E-state index < -0.39 is 5.82 Å². The number of hydrogen-bond donors (Lipinski definition) is 1. The van der Waals surface area contributed by atoms with Crippen molar-refractivity contribution < 1.29 is 8.78 Å². The Morgan fingerprint density at radius 1 is 1.19 bits per heavy atom. The van der Waals surface area contributed by atoms with Crippen molar-refractivity contribution in [3.05, 3.63) is 34.9 Å².